The van der Waals surface area contributed by atoms with Crippen LogP contribution in [0.5, 0.6) is 0 Å². The van der Waals surface area contributed by atoms with E-state index in [2.05, 4.69) is 10.1 Å². The van der Waals surface area contributed by atoms with Gasteiger partial charge in [-0.2, -0.15) is 27.6 Å². The molecule has 1 aromatic heterocycles. The molecule has 0 aliphatic heterocycles. The number of hydrazone groups is 1. The number of likely N-dealkylation sites (N-methyl/N-ethyl adjacent to an activating group) is 1. The number of rotatable bonds is 6. The van der Waals surface area contributed by atoms with Crippen LogP contribution in [-0.4, -0.2) is 36.5 Å². The van der Waals surface area contributed by atoms with Crippen LogP contribution in [0.2, 0.25) is 0 Å². The molecule has 0 bridgehead atoms. The average molecular weight is 342 g/mol. The summed E-state index contributed by atoms with van der Waals surface area (Å²) in [6.07, 6.45) is 1.23. The minimum absolute atomic E-state index is 0.0137. The van der Waals surface area contributed by atoms with Gasteiger partial charge in [-0.3, -0.25) is 5.43 Å². The summed E-state index contributed by atoms with van der Waals surface area (Å²) in [5.41, 5.74) is 2.30. The summed E-state index contributed by atoms with van der Waals surface area (Å²) >= 11 is 0. The summed E-state index contributed by atoms with van der Waals surface area (Å²) < 4.78 is 52.6. The van der Waals surface area contributed by atoms with Crippen LogP contribution < -0.4 is 10.3 Å². The normalized spacial score (nSPS) is 11.1. The molecule has 0 aliphatic rings. The molecule has 2 N–H and O–H groups in total. The SMILES string of the molecule is CN(CCO)c1ccc(/C=N\Nc2c(F)c(F)nc(F)c2F)cc1. The summed E-state index contributed by atoms with van der Waals surface area (Å²) in [6, 6.07) is 6.86. The highest BCUT2D eigenvalue weighted by atomic mass is 19.2. The van der Waals surface area contributed by atoms with Crippen molar-refractivity contribution in [3.8, 4) is 0 Å². The van der Waals surface area contributed by atoms with E-state index < -0.39 is 29.2 Å². The van der Waals surface area contributed by atoms with E-state index in [9.17, 15) is 17.6 Å². The number of halogens is 4. The Morgan fingerprint density at radius 3 is 2.25 bits per heavy atom. The predicted octanol–water partition coefficient (Wildman–Crippen LogP) is 2.51. The summed E-state index contributed by atoms with van der Waals surface area (Å²) in [5.74, 6) is -6.84. The lowest BCUT2D eigenvalue weighted by atomic mass is 10.2. The third-order valence-corrected chi connectivity index (χ3v) is 3.16. The van der Waals surface area contributed by atoms with Gasteiger partial charge in [0, 0.05) is 19.3 Å². The second-order valence-electron chi connectivity index (χ2n) is 4.80. The second kappa shape index (κ2) is 7.73. The quantitative estimate of drug-likeness (QED) is 0.367. The van der Waals surface area contributed by atoms with Crippen LogP contribution in [0.15, 0.2) is 29.4 Å². The Morgan fingerprint density at radius 2 is 1.71 bits per heavy atom. The standard InChI is InChI=1S/C15H14F4N4O/c1-23(6-7-24)10-4-2-9(3-5-10)8-20-22-13-11(16)14(18)21-15(19)12(13)17/h2-5,8,24H,6-7H2,1H3,(H,21,22)/b20-8-. The molecule has 9 heteroatoms. The minimum atomic E-state index is -1.76. The number of hydrogen-bond acceptors (Lipinski definition) is 5. The second-order valence-corrected chi connectivity index (χ2v) is 4.80. The highest BCUT2D eigenvalue weighted by Gasteiger charge is 2.20. The molecule has 128 valence electrons. The molecule has 0 aliphatic carbocycles. The van der Waals surface area contributed by atoms with E-state index in [1.54, 1.807) is 31.3 Å². The van der Waals surface area contributed by atoms with Crippen molar-refractivity contribution >= 4 is 17.6 Å². The van der Waals surface area contributed by atoms with Crippen LogP contribution in [0.1, 0.15) is 5.56 Å². The number of aromatic nitrogens is 1. The molecular formula is C15H14F4N4O. The van der Waals surface area contributed by atoms with Gasteiger partial charge < -0.3 is 10.0 Å². The molecule has 0 unspecified atom stereocenters. The van der Waals surface area contributed by atoms with Crippen molar-refractivity contribution in [2.45, 2.75) is 0 Å². The molecule has 1 heterocycles. The lowest BCUT2D eigenvalue weighted by Crippen LogP contribution is -2.20. The van der Waals surface area contributed by atoms with Gasteiger partial charge in [-0.05, 0) is 17.7 Å². The molecule has 2 aromatic rings. The van der Waals surface area contributed by atoms with Crippen molar-refractivity contribution in [2.75, 3.05) is 30.5 Å². The van der Waals surface area contributed by atoms with Gasteiger partial charge in [0.25, 0.3) is 11.9 Å². The van der Waals surface area contributed by atoms with E-state index in [-0.39, 0.29) is 6.61 Å². The largest absolute Gasteiger partial charge is 0.395 e. The summed E-state index contributed by atoms with van der Waals surface area (Å²) in [6.45, 7) is 0.479. The maximum absolute atomic E-state index is 13.4. The van der Waals surface area contributed by atoms with Gasteiger partial charge in [0.05, 0.1) is 12.8 Å². The van der Waals surface area contributed by atoms with Crippen molar-refractivity contribution in [3.05, 3.63) is 53.4 Å². The van der Waals surface area contributed by atoms with Gasteiger partial charge in [-0.25, -0.2) is 0 Å². The zero-order chi connectivity index (χ0) is 17.7. The van der Waals surface area contributed by atoms with Gasteiger partial charge in [0.15, 0.2) is 0 Å². The fourth-order valence-electron chi connectivity index (χ4n) is 1.85. The molecule has 2 rings (SSSR count). The van der Waals surface area contributed by atoms with E-state index in [0.29, 0.717) is 12.1 Å². The number of hydrogen-bond donors (Lipinski definition) is 2. The van der Waals surface area contributed by atoms with E-state index in [4.69, 9.17) is 5.11 Å². The molecule has 0 saturated carbocycles. The fraction of sp³-hybridized carbons (Fsp3) is 0.200. The Hall–Kier alpha value is -2.68. The zero-order valence-electron chi connectivity index (χ0n) is 12.6. The molecule has 0 saturated heterocycles. The number of aliphatic hydroxyl groups is 1. The molecule has 0 radical (unpaired) electrons. The first-order valence-corrected chi connectivity index (χ1v) is 6.85. The molecule has 0 fully saturated rings. The van der Waals surface area contributed by atoms with E-state index in [0.717, 1.165) is 5.69 Å². The minimum Gasteiger partial charge on any atom is -0.395 e. The topological polar surface area (TPSA) is 60.8 Å². The number of pyridine rings is 1. The van der Waals surface area contributed by atoms with Crippen molar-refractivity contribution in [1.82, 2.24) is 4.98 Å². The number of nitrogens with zero attached hydrogens (tertiary/aromatic N) is 3. The lowest BCUT2D eigenvalue weighted by molar-refractivity contribution is 0.304. The molecule has 0 atom stereocenters. The lowest BCUT2D eigenvalue weighted by Gasteiger charge is -2.17. The van der Waals surface area contributed by atoms with E-state index in [1.807, 2.05) is 10.3 Å². The third kappa shape index (κ3) is 3.99. The molecule has 1 aromatic carbocycles. The number of benzene rings is 1. The highest BCUT2D eigenvalue weighted by molar-refractivity contribution is 5.81. The van der Waals surface area contributed by atoms with Gasteiger partial charge in [-0.1, -0.05) is 12.1 Å². The van der Waals surface area contributed by atoms with Crippen molar-refractivity contribution in [3.63, 3.8) is 0 Å². The highest BCUT2D eigenvalue weighted by Crippen LogP contribution is 2.21. The van der Waals surface area contributed by atoms with E-state index >= 15 is 0 Å². The van der Waals surface area contributed by atoms with Crippen LogP contribution in [0, 0.1) is 23.5 Å². The Morgan fingerprint density at radius 1 is 1.12 bits per heavy atom. The van der Waals surface area contributed by atoms with Crippen LogP contribution in [0.25, 0.3) is 0 Å². The third-order valence-electron chi connectivity index (χ3n) is 3.16. The first kappa shape index (κ1) is 17.7. The first-order chi connectivity index (χ1) is 11.4. The van der Waals surface area contributed by atoms with Crippen LogP contribution in [0.3, 0.4) is 0 Å². The first-order valence-electron chi connectivity index (χ1n) is 6.85. The number of aliphatic hydroxyl groups excluding tert-OH is 1. The van der Waals surface area contributed by atoms with Crippen LogP contribution in [0.4, 0.5) is 28.9 Å². The van der Waals surface area contributed by atoms with Crippen molar-refractivity contribution in [2.24, 2.45) is 5.10 Å². The smallest absolute Gasteiger partial charge is 0.254 e. The van der Waals surface area contributed by atoms with E-state index in [1.165, 1.54) is 6.21 Å². The van der Waals surface area contributed by atoms with Gasteiger partial charge in [-0.15, -0.1) is 0 Å². The van der Waals surface area contributed by atoms with Crippen molar-refractivity contribution in [1.29, 1.82) is 0 Å². The monoisotopic (exact) mass is 342 g/mol. The average Bonchev–Trinajstić information content (AvgIpc) is 2.57. The molecular weight excluding hydrogens is 328 g/mol. The van der Waals surface area contributed by atoms with Gasteiger partial charge in [0.2, 0.25) is 11.6 Å². The van der Waals surface area contributed by atoms with Gasteiger partial charge >= 0.3 is 0 Å². The van der Waals surface area contributed by atoms with Crippen LogP contribution >= 0.6 is 0 Å². The molecule has 5 nitrogen and oxygen atoms in total. The maximum atomic E-state index is 13.4. The Balaban J connectivity index is 2.10. The summed E-state index contributed by atoms with van der Waals surface area (Å²) in [4.78, 5) is 4.27. The molecule has 0 spiro atoms. The van der Waals surface area contributed by atoms with Gasteiger partial charge in [0.1, 0.15) is 5.69 Å². The number of nitrogens with one attached hydrogen (secondary N) is 1. The summed E-state index contributed by atoms with van der Waals surface area (Å²) in [7, 11) is 1.80. The Labute approximate surface area is 135 Å². The zero-order valence-corrected chi connectivity index (χ0v) is 12.6. The van der Waals surface area contributed by atoms with Crippen molar-refractivity contribution < 1.29 is 22.7 Å². The number of anilines is 2. The Kier molecular flexibility index (Phi) is 5.69. The molecule has 24 heavy (non-hydrogen) atoms. The van der Waals surface area contributed by atoms with Crippen LogP contribution in [-0.2, 0) is 0 Å². The predicted molar refractivity (Wildman–Crippen MR) is 82.1 cm³/mol. The summed E-state index contributed by atoms with van der Waals surface area (Å²) in [5, 5.41) is 12.4. The fourth-order valence-corrected chi connectivity index (χ4v) is 1.85. The Bertz CT molecular complexity index is 711. The maximum Gasteiger partial charge on any atom is 0.254 e. The molecule has 0 amide bonds.